The maximum absolute atomic E-state index is 6.06. The Morgan fingerprint density at radius 3 is 2.59 bits per heavy atom. The lowest BCUT2D eigenvalue weighted by Gasteiger charge is -2.08. The zero-order valence-electron chi connectivity index (χ0n) is 10.2. The summed E-state index contributed by atoms with van der Waals surface area (Å²) in [5, 5.41) is 0. The van der Waals surface area contributed by atoms with E-state index < -0.39 is 0 Å². The number of benzene rings is 2. The minimum absolute atomic E-state index is 0.908. The first-order valence-corrected chi connectivity index (χ1v) is 6.69. The molecule has 0 fully saturated rings. The minimum Gasteiger partial charge on any atom is -0.398 e. The molecule has 0 aliphatic heterocycles. The number of aryl methyl sites for hydroxylation is 2. The van der Waals surface area contributed by atoms with E-state index >= 15 is 0 Å². The van der Waals surface area contributed by atoms with Crippen molar-refractivity contribution in [1.29, 1.82) is 0 Å². The molecule has 0 amide bonds. The van der Waals surface area contributed by atoms with Crippen LogP contribution >= 0.6 is 11.8 Å². The molecule has 0 atom stereocenters. The van der Waals surface area contributed by atoms with Crippen LogP contribution in [-0.2, 0) is 5.75 Å². The Labute approximate surface area is 107 Å². The van der Waals surface area contributed by atoms with E-state index in [1.54, 1.807) is 11.8 Å². The Kier molecular flexibility index (Phi) is 3.75. The summed E-state index contributed by atoms with van der Waals surface area (Å²) in [7, 11) is 0. The van der Waals surface area contributed by atoms with E-state index in [0.29, 0.717) is 0 Å². The largest absolute Gasteiger partial charge is 0.398 e. The molecule has 2 rings (SSSR count). The smallest absolute Gasteiger partial charge is 0.0482 e. The molecule has 0 saturated heterocycles. The van der Waals surface area contributed by atoms with Crippen molar-refractivity contribution in [1.82, 2.24) is 0 Å². The van der Waals surface area contributed by atoms with Gasteiger partial charge in [0.2, 0.25) is 0 Å². The van der Waals surface area contributed by atoms with Crippen LogP contribution in [0.2, 0.25) is 0 Å². The molecule has 0 aliphatic carbocycles. The van der Waals surface area contributed by atoms with Crippen molar-refractivity contribution >= 4 is 17.4 Å². The summed E-state index contributed by atoms with van der Waals surface area (Å²) in [6.07, 6.45) is 0. The second-order valence-corrected chi connectivity index (χ2v) is 5.28. The van der Waals surface area contributed by atoms with Crippen molar-refractivity contribution < 1.29 is 0 Å². The Morgan fingerprint density at radius 1 is 1.06 bits per heavy atom. The van der Waals surface area contributed by atoms with E-state index in [0.717, 1.165) is 17.0 Å². The van der Waals surface area contributed by atoms with Crippen LogP contribution in [0.3, 0.4) is 0 Å². The van der Waals surface area contributed by atoms with Gasteiger partial charge in [-0.05, 0) is 31.0 Å². The van der Waals surface area contributed by atoms with Crippen molar-refractivity contribution in [3.63, 3.8) is 0 Å². The number of thioether (sulfide) groups is 1. The Hall–Kier alpha value is -1.41. The van der Waals surface area contributed by atoms with Crippen LogP contribution in [0.5, 0.6) is 0 Å². The molecule has 0 saturated carbocycles. The number of nitrogens with two attached hydrogens (primary N) is 1. The van der Waals surface area contributed by atoms with Crippen molar-refractivity contribution in [2.75, 3.05) is 5.73 Å². The monoisotopic (exact) mass is 243 g/mol. The van der Waals surface area contributed by atoms with Gasteiger partial charge in [0.05, 0.1) is 0 Å². The van der Waals surface area contributed by atoms with Crippen LogP contribution < -0.4 is 5.73 Å². The Morgan fingerprint density at radius 2 is 1.82 bits per heavy atom. The van der Waals surface area contributed by atoms with Crippen LogP contribution in [0, 0.1) is 13.8 Å². The molecular formula is C15H17NS. The molecule has 17 heavy (non-hydrogen) atoms. The number of para-hydroxylation sites is 1. The standard InChI is InChI=1S/C15H17NS/c1-11-5-3-7-13(9-11)10-17-14-8-4-6-12(2)15(14)16/h3-9H,10,16H2,1-2H3. The van der Waals surface area contributed by atoms with Gasteiger partial charge in [0.1, 0.15) is 0 Å². The maximum atomic E-state index is 6.06. The predicted octanol–water partition coefficient (Wildman–Crippen LogP) is 4.18. The second kappa shape index (κ2) is 5.28. The van der Waals surface area contributed by atoms with Crippen molar-refractivity contribution in [3.8, 4) is 0 Å². The molecule has 0 radical (unpaired) electrons. The third-order valence-electron chi connectivity index (χ3n) is 2.76. The van der Waals surface area contributed by atoms with E-state index in [2.05, 4.69) is 43.3 Å². The van der Waals surface area contributed by atoms with Gasteiger partial charge in [-0.3, -0.25) is 0 Å². The number of rotatable bonds is 3. The number of hydrogen-bond acceptors (Lipinski definition) is 2. The van der Waals surface area contributed by atoms with Crippen LogP contribution in [0.25, 0.3) is 0 Å². The number of anilines is 1. The Bertz CT molecular complexity index is 520. The van der Waals surface area contributed by atoms with Gasteiger partial charge in [-0.2, -0.15) is 0 Å². The second-order valence-electron chi connectivity index (χ2n) is 4.26. The maximum Gasteiger partial charge on any atom is 0.0482 e. The molecule has 88 valence electrons. The summed E-state index contributed by atoms with van der Waals surface area (Å²) in [6.45, 7) is 4.17. The minimum atomic E-state index is 0.908. The van der Waals surface area contributed by atoms with E-state index in [1.807, 2.05) is 13.0 Å². The first kappa shape index (κ1) is 12.1. The Balaban J connectivity index is 2.10. The highest BCUT2D eigenvalue weighted by atomic mass is 32.2. The average molecular weight is 243 g/mol. The quantitative estimate of drug-likeness (QED) is 0.646. The van der Waals surface area contributed by atoms with Gasteiger partial charge in [-0.15, -0.1) is 11.8 Å². The molecule has 0 aliphatic rings. The van der Waals surface area contributed by atoms with Crippen molar-refractivity contribution in [3.05, 3.63) is 59.2 Å². The summed E-state index contributed by atoms with van der Waals surface area (Å²) in [5.41, 5.74) is 10.8. The molecule has 2 aromatic rings. The molecule has 0 spiro atoms. The van der Waals surface area contributed by atoms with Gasteiger partial charge >= 0.3 is 0 Å². The average Bonchev–Trinajstić information content (AvgIpc) is 2.31. The fourth-order valence-corrected chi connectivity index (χ4v) is 2.74. The number of nitrogen functional groups attached to an aromatic ring is 1. The van der Waals surface area contributed by atoms with Crippen LogP contribution in [-0.4, -0.2) is 0 Å². The lowest BCUT2D eigenvalue weighted by Crippen LogP contribution is -1.92. The zero-order chi connectivity index (χ0) is 12.3. The molecule has 1 nitrogen and oxygen atoms in total. The fraction of sp³-hybridized carbons (Fsp3) is 0.200. The number of hydrogen-bond donors (Lipinski definition) is 1. The van der Waals surface area contributed by atoms with Gasteiger partial charge in [-0.25, -0.2) is 0 Å². The lowest BCUT2D eigenvalue weighted by atomic mass is 10.2. The molecule has 2 N–H and O–H groups in total. The molecule has 0 aromatic heterocycles. The summed E-state index contributed by atoms with van der Waals surface area (Å²) in [6, 6.07) is 14.8. The zero-order valence-corrected chi connectivity index (χ0v) is 11.1. The topological polar surface area (TPSA) is 26.0 Å². The normalized spacial score (nSPS) is 10.5. The first-order chi connectivity index (χ1) is 8.16. The third kappa shape index (κ3) is 3.04. The molecule has 0 heterocycles. The SMILES string of the molecule is Cc1cccc(CSc2cccc(C)c2N)c1. The van der Waals surface area contributed by atoms with Gasteiger partial charge in [0, 0.05) is 16.3 Å². The van der Waals surface area contributed by atoms with E-state index in [9.17, 15) is 0 Å². The summed E-state index contributed by atoms with van der Waals surface area (Å²) >= 11 is 1.80. The highest BCUT2D eigenvalue weighted by Gasteiger charge is 2.02. The first-order valence-electron chi connectivity index (χ1n) is 5.70. The van der Waals surface area contributed by atoms with Gasteiger partial charge in [0.15, 0.2) is 0 Å². The molecule has 2 heteroatoms. The lowest BCUT2D eigenvalue weighted by molar-refractivity contribution is 1.33. The molecular weight excluding hydrogens is 226 g/mol. The molecule has 2 aromatic carbocycles. The van der Waals surface area contributed by atoms with E-state index in [-0.39, 0.29) is 0 Å². The van der Waals surface area contributed by atoms with Crippen molar-refractivity contribution in [2.45, 2.75) is 24.5 Å². The molecule has 0 unspecified atom stereocenters. The highest BCUT2D eigenvalue weighted by molar-refractivity contribution is 7.98. The summed E-state index contributed by atoms with van der Waals surface area (Å²) < 4.78 is 0. The van der Waals surface area contributed by atoms with Gasteiger partial charge in [0.25, 0.3) is 0 Å². The fourth-order valence-electron chi connectivity index (χ4n) is 1.74. The molecule has 0 bridgehead atoms. The van der Waals surface area contributed by atoms with Gasteiger partial charge < -0.3 is 5.73 Å². The van der Waals surface area contributed by atoms with E-state index in [4.69, 9.17) is 5.73 Å². The van der Waals surface area contributed by atoms with Crippen LogP contribution in [0.1, 0.15) is 16.7 Å². The van der Waals surface area contributed by atoms with Crippen LogP contribution in [0.15, 0.2) is 47.4 Å². The van der Waals surface area contributed by atoms with Crippen molar-refractivity contribution in [2.24, 2.45) is 0 Å². The van der Waals surface area contributed by atoms with E-state index in [1.165, 1.54) is 16.0 Å². The summed E-state index contributed by atoms with van der Waals surface area (Å²) in [5.74, 6) is 0.968. The predicted molar refractivity (Wildman–Crippen MR) is 76.3 cm³/mol. The summed E-state index contributed by atoms with van der Waals surface area (Å²) in [4.78, 5) is 1.17. The highest BCUT2D eigenvalue weighted by Crippen LogP contribution is 2.30. The van der Waals surface area contributed by atoms with Gasteiger partial charge in [-0.1, -0.05) is 42.0 Å². The van der Waals surface area contributed by atoms with Crippen LogP contribution in [0.4, 0.5) is 5.69 Å². The third-order valence-corrected chi connectivity index (χ3v) is 3.91.